The third-order valence-electron chi connectivity index (χ3n) is 2.86. The van der Waals surface area contributed by atoms with Gasteiger partial charge in [-0.1, -0.05) is 0 Å². The van der Waals surface area contributed by atoms with Crippen molar-refractivity contribution in [3.63, 3.8) is 0 Å². The Morgan fingerprint density at radius 2 is 1.91 bits per heavy atom. The first-order valence-corrected chi connectivity index (χ1v) is 6.36. The molecule has 0 aliphatic heterocycles. The first-order valence-electron chi connectivity index (χ1n) is 6.36. The molecule has 10 heteroatoms. The van der Waals surface area contributed by atoms with Crippen molar-refractivity contribution in [1.82, 2.24) is 19.7 Å². The lowest BCUT2D eigenvalue weighted by Crippen LogP contribution is -2.16. The Labute approximate surface area is 127 Å². The zero-order chi connectivity index (χ0) is 16.4. The average molecular weight is 325 g/mol. The molecule has 2 aromatic heterocycles. The molecule has 2 heterocycles. The number of fused-ring (bicyclic) bond motifs is 1. The molecule has 0 saturated heterocycles. The Kier molecular flexibility index (Phi) is 3.74. The molecule has 3 aromatic rings. The van der Waals surface area contributed by atoms with Crippen molar-refractivity contribution >= 4 is 22.5 Å². The van der Waals surface area contributed by atoms with Crippen LogP contribution in [0.4, 0.5) is 24.7 Å². The molecule has 1 aromatic carbocycles. The van der Waals surface area contributed by atoms with Crippen LogP contribution in [0.15, 0.2) is 36.8 Å². The van der Waals surface area contributed by atoms with Gasteiger partial charge in [0.2, 0.25) is 0 Å². The number of alkyl halides is 3. The topological polar surface area (TPSA) is 85.1 Å². The van der Waals surface area contributed by atoms with Crippen LogP contribution < -0.4 is 10.1 Å². The molecule has 2 N–H and O–H groups in total. The lowest BCUT2D eigenvalue weighted by molar-refractivity contribution is -0.274. The highest BCUT2D eigenvalue weighted by Crippen LogP contribution is 2.26. The van der Waals surface area contributed by atoms with E-state index in [-0.39, 0.29) is 12.5 Å². The van der Waals surface area contributed by atoms with Crippen molar-refractivity contribution in [3.8, 4) is 5.75 Å². The van der Waals surface area contributed by atoms with E-state index in [9.17, 15) is 13.2 Å². The number of hydrogen-bond donors (Lipinski definition) is 2. The summed E-state index contributed by atoms with van der Waals surface area (Å²) in [7, 11) is 0. The number of aliphatic hydroxyl groups excluding tert-OH is 1. The third-order valence-corrected chi connectivity index (χ3v) is 2.86. The Morgan fingerprint density at radius 3 is 2.57 bits per heavy atom. The second-order valence-corrected chi connectivity index (χ2v) is 4.47. The van der Waals surface area contributed by atoms with E-state index in [0.717, 1.165) is 0 Å². The number of ether oxygens (including phenoxy) is 1. The molecule has 3 rings (SSSR count). The summed E-state index contributed by atoms with van der Waals surface area (Å²) in [4.78, 5) is 8.03. The summed E-state index contributed by atoms with van der Waals surface area (Å²) in [6.45, 7) is -0.306. The molecular weight excluding hydrogens is 315 g/mol. The Morgan fingerprint density at radius 1 is 1.17 bits per heavy atom. The van der Waals surface area contributed by atoms with Gasteiger partial charge in [0.05, 0.1) is 5.39 Å². The average Bonchev–Trinajstić information content (AvgIpc) is 2.92. The number of aliphatic hydroxyl groups is 1. The van der Waals surface area contributed by atoms with Crippen LogP contribution in [-0.2, 0) is 6.73 Å². The molecule has 120 valence electrons. The van der Waals surface area contributed by atoms with Gasteiger partial charge in [-0.25, -0.2) is 14.6 Å². The van der Waals surface area contributed by atoms with Gasteiger partial charge in [-0.3, -0.25) is 0 Å². The van der Waals surface area contributed by atoms with Gasteiger partial charge >= 0.3 is 6.36 Å². The van der Waals surface area contributed by atoms with E-state index in [1.165, 1.54) is 35.3 Å². The van der Waals surface area contributed by atoms with E-state index < -0.39 is 6.36 Å². The lowest BCUT2D eigenvalue weighted by Gasteiger charge is -2.10. The smallest absolute Gasteiger partial charge is 0.406 e. The normalized spacial score (nSPS) is 11.7. The van der Waals surface area contributed by atoms with Crippen molar-refractivity contribution in [1.29, 1.82) is 0 Å². The summed E-state index contributed by atoms with van der Waals surface area (Å²) in [5.41, 5.74) is 0.893. The molecule has 0 unspecified atom stereocenters. The molecule has 0 fully saturated rings. The van der Waals surface area contributed by atoms with Gasteiger partial charge in [0.15, 0.2) is 5.65 Å². The molecule has 7 nitrogen and oxygen atoms in total. The number of anilines is 2. The van der Waals surface area contributed by atoms with E-state index in [1.54, 1.807) is 6.20 Å². The first-order chi connectivity index (χ1) is 10.9. The molecule has 0 spiro atoms. The molecule has 0 saturated carbocycles. The lowest BCUT2D eigenvalue weighted by atomic mass is 10.3. The fourth-order valence-corrected chi connectivity index (χ4v) is 1.93. The predicted molar refractivity (Wildman–Crippen MR) is 73.9 cm³/mol. The maximum Gasteiger partial charge on any atom is 0.573 e. The van der Waals surface area contributed by atoms with Gasteiger partial charge in [-0.2, -0.15) is 0 Å². The van der Waals surface area contributed by atoms with Crippen molar-refractivity contribution in [2.45, 2.75) is 13.1 Å². The minimum absolute atomic E-state index is 0.306. The number of benzene rings is 1. The van der Waals surface area contributed by atoms with Gasteiger partial charge in [0, 0.05) is 11.9 Å². The third kappa shape index (κ3) is 3.48. The molecule has 0 radical (unpaired) electrons. The summed E-state index contributed by atoms with van der Waals surface area (Å²) >= 11 is 0. The molecule has 0 bridgehead atoms. The summed E-state index contributed by atoms with van der Waals surface area (Å²) in [6, 6.07) is 5.22. The minimum atomic E-state index is -4.73. The number of aromatic nitrogens is 4. The molecular formula is C13H10F3N5O2. The van der Waals surface area contributed by atoms with E-state index >= 15 is 0 Å². The van der Waals surface area contributed by atoms with Gasteiger partial charge in [-0.05, 0) is 24.3 Å². The van der Waals surface area contributed by atoms with Crippen molar-refractivity contribution < 1.29 is 23.0 Å². The summed E-state index contributed by atoms with van der Waals surface area (Å²) in [5.74, 6) is 0.100. The Bertz CT molecular complexity index is 817. The van der Waals surface area contributed by atoms with Gasteiger partial charge in [0.1, 0.15) is 24.6 Å². The van der Waals surface area contributed by atoms with Gasteiger partial charge in [0.25, 0.3) is 0 Å². The number of nitrogens with one attached hydrogen (secondary N) is 1. The van der Waals surface area contributed by atoms with Crippen LogP contribution in [0.3, 0.4) is 0 Å². The maximum atomic E-state index is 12.1. The summed E-state index contributed by atoms with van der Waals surface area (Å²) in [5, 5.41) is 16.6. The predicted octanol–water partition coefficient (Wildman–Crippen LogP) is 2.42. The van der Waals surface area contributed by atoms with E-state index in [4.69, 9.17) is 5.11 Å². The van der Waals surface area contributed by atoms with Crippen LogP contribution in [0.25, 0.3) is 11.0 Å². The molecule has 0 aliphatic rings. The standard InChI is InChI=1S/C13H10F3N5O2/c14-13(15,16)23-9-3-1-8(2-4-9)19-11-10-5-21(7-22)20-12(10)18-6-17-11/h1-6,22H,7H2,(H,17,18,19,20). The fraction of sp³-hybridized carbons (Fsp3) is 0.154. The Balaban J connectivity index is 1.83. The van der Waals surface area contributed by atoms with E-state index in [0.29, 0.717) is 22.5 Å². The van der Waals surface area contributed by atoms with E-state index in [1.807, 2.05) is 0 Å². The van der Waals surface area contributed by atoms with Crippen LogP contribution in [0.5, 0.6) is 5.75 Å². The summed E-state index contributed by atoms with van der Waals surface area (Å²) < 4.78 is 41.4. The molecule has 0 amide bonds. The van der Waals surface area contributed by atoms with Crippen molar-refractivity contribution in [3.05, 3.63) is 36.8 Å². The summed E-state index contributed by atoms with van der Waals surface area (Å²) in [6.07, 6.45) is -1.88. The van der Waals surface area contributed by atoms with Crippen molar-refractivity contribution in [2.75, 3.05) is 5.32 Å². The van der Waals surface area contributed by atoms with Crippen LogP contribution in [0.2, 0.25) is 0 Å². The van der Waals surface area contributed by atoms with Crippen LogP contribution in [0, 0.1) is 0 Å². The second kappa shape index (κ2) is 5.72. The largest absolute Gasteiger partial charge is 0.573 e. The number of rotatable bonds is 4. The van der Waals surface area contributed by atoms with Gasteiger partial charge in [-0.15, -0.1) is 18.3 Å². The van der Waals surface area contributed by atoms with E-state index in [2.05, 4.69) is 25.1 Å². The number of hydrogen-bond acceptors (Lipinski definition) is 6. The zero-order valence-corrected chi connectivity index (χ0v) is 11.4. The van der Waals surface area contributed by atoms with Crippen LogP contribution in [0.1, 0.15) is 0 Å². The zero-order valence-electron chi connectivity index (χ0n) is 11.4. The quantitative estimate of drug-likeness (QED) is 0.766. The first kappa shape index (κ1) is 15.0. The van der Waals surface area contributed by atoms with Crippen LogP contribution in [-0.4, -0.2) is 31.2 Å². The SMILES string of the molecule is OCn1cc2c(Nc3ccc(OC(F)(F)F)cc3)ncnc2n1. The highest BCUT2D eigenvalue weighted by Gasteiger charge is 2.30. The molecule has 0 aliphatic carbocycles. The van der Waals surface area contributed by atoms with Crippen LogP contribution >= 0.6 is 0 Å². The fourth-order valence-electron chi connectivity index (χ4n) is 1.93. The number of halogens is 3. The minimum Gasteiger partial charge on any atom is -0.406 e. The molecule has 23 heavy (non-hydrogen) atoms. The highest BCUT2D eigenvalue weighted by atomic mass is 19.4. The van der Waals surface area contributed by atoms with Crippen molar-refractivity contribution in [2.24, 2.45) is 0 Å². The highest BCUT2D eigenvalue weighted by molar-refractivity contribution is 5.87. The monoisotopic (exact) mass is 325 g/mol. The Hall–Kier alpha value is -2.88. The molecule has 0 atom stereocenters. The second-order valence-electron chi connectivity index (χ2n) is 4.47. The van der Waals surface area contributed by atoms with Gasteiger partial charge < -0.3 is 15.2 Å². The number of nitrogens with zero attached hydrogens (tertiary/aromatic N) is 4. The maximum absolute atomic E-state index is 12.1.